The monoisotopic (exact) mass is 331 g/mol. The van der Waals surface area contributed by atoms with Gasteiger partial charge in [0, 0.05) is 14.0 Å². The van der Waals surface area contributed by atoms with E-state index in [4.69, 9.17) is 4.74 Å². The minimum atomic E-state index is -0.165. The highest BCUT2D eigenvalue weighted by Crippen LogP contribution is 2.23. The lowest BCUT2D eigenvalue weighted by atomic mass is 10.00. The van der Waals surface area contributed by atoms with Gasteiger partial charge in [0.1, 0.15) is 0 Å². The molecule has 0 aromatic rings. The molecular formula is C13H22BrN3O2. The smallest absolute Gasteiger partial charge is 0.222 e. The van der Waals surface area contributed by atoms with Crippen LogP contribution in [0.4, 0.5) is 0 Å². The van der Waals surface area contributed by atoms with E-state index in [2.05, 4.69) is 46.8 Å². The number of hydrazone groups is 1. The number of halogens is 1. The SMILES string of the molecule is C=C(Br)/C(=N\N(C)C1CC(C)OC(C)C1)NC(C)=O. The lowest BCUT2D eigenvalue weighted by Crippen LogP contribution is -2.41. The van der Waals surface area contributed by atoms with Crippen LogP contribution in [0.25, 0.3) is 0 Å². The normalized spacial score (nSPS) is 27.8. The summed E-state index contributed by atoms with van der Waals surface area (Å²) in [6, 6.07) is 0.300. The minimum absolute atomic E-state index is 0.165. The molecule has 1 aliphatic heterocycles. The van der Waals surface area contributed by atoms with Crippen LogP contribution >= 0.6 is 15.9 Å². The van der Waals surface area contributed by atoms with E-state index in [1.165, 1.54) is 6.92 Å². The van der Waals surface area contributed by atoms with Crippen molar-refractivity contribution in [1.29, 1.82) is 0 Å². The van der Waals surface area contributed by atoms with Crippen molar-refractivity contribution >= 4 is 27.7 Å². The summed E-state index contributed by atoms with van der Waals surface area (Å²) in [5, 5.41) is 8.97. The van der Waals surface area contributed by atoms with Gasteiger partial charge in [0.15, 0.2) is 5.84 Å². The number of amides is 1. The predicted octanol–water partition coefficient (Wildman–Crippen LogP) is 2.23. The molecule has 6 heteroatoms. The Labute approximate surface area is 123 Å². The van der Waals surface area contributed by atoms with E-state index in [9.17, 15) is 4.79 Å². The molecule has 19 heavy (non-hydrogen) atoms. The van der Waals surface area contributed by atoms with Crippen LogP contribution in [0.3, 0.4) is 0 Å². The number of nitrogens with zero attached hydrogens (tertiary/aromatic N) is 2. The van der Waals surface area contributed by atoms with Crippen LogP contribution in [-0.2, 0) is 9.53 Å². The van der Waals surface area contributed by atoms with Crippen LogP contribution in [0.15, 0.2) is 16.2 Å². The predicted molar refractivity (Wildman–Crippen MR) is 80.1 cm³/mol. The molecule has 108 valence electrons. The van der Waals surface area contributed by atoms with Gasteiger partial charge in [0.25, 0.3) is 0 Å². The molecule has 2 unspecified atom stereocenters. The van der Waals surface area contributed by atoms with Gasteiger partial charge in [-0.1, -0.05) is 6.58 Å². The third-order valence-corrected chi connectivity index (χ3v) is 3.39. The molecule has 5 nitrogen and oxygen atoms in total. The third-order valence-electron chi connectivity index (χ3n) is 3.01. The summed E-state index contributed by atoms with van der Waals surface area (Å²) < 4.78 is 6.27. The number of rotatable bonds is 3. The molecule has 0 aliphatic carbocycles. The average molecular weight is 332 g/mol. The van der Waals surface area contributed by atoms with Crippen LogP contribution < -0.4 is 5.32 Å². The zero-order chi connectivity index (χ0) is 14.6. The zero-order valence-corrected chi connectivity index (χ0v) is 13.5. The van der Waals surface area contributed by atoms with E-state index in [1.807, 2.05) is 12.1 Å². The Morgan fingerprint density at radius 2 is 1.95 bits per heavy atom. The molecule has 1 amide bonds. The molecule has 1 rings (SSSR count). The summed E-state index contributed by atoms with van der Waals surface area (Å²) in [7, 11) is 1.91. The Hall–Kier alpha value is -0.880. The molecule has 2 atom stereocenters. The van der Waals surface area contributed by atoms with Crippen molar-refractivity contribution in [3.05, 3.63) is 11.1 Å². The van der Waals surface area contributed by atoms with E-state index in [-0.39, 0.29) is 18.1 Å². The molecule has 0 bridgehead atoms. The largest absolute Gasteiger partial charge is 0.375 e. The van der Waals surface area contributed by atoms with Crippen molar-refractivity contribution in [2.24, 2.45) is 5.10 Å². The van der Waals surface area contributed by atoms with Crippen LogP contribution in [0.1, 0.15) is 33.6 Å². The maximum absolute atomic E-state index is 11.1. The molecule has 0 aromatic heterocycles. The Kier molecular flexibility index (Phi) is 6.00. The minimum Gasteiger partial charge on any atom is -0.375 e. The van der Waals surface area contributed by atoms with Gasteiger partial charge < -0.3 is 10.1 Å². The highest BCUT2D eigenvalue weighted by Gasteiger charge is 2.27. The molecule has 1 N–H and O–H groups in total. The van der Waals surface area contributed by atoms with Crippen molar-refractivity contribution in [3.63, 3.8) is 0 Å². The standard InChI is InChI=1S/C13H22BrN3O2/c1-8-6-12(7-9(2)19-8)17(5)16-13(10(3)14)15-11(4)18/h8-9,12H,3,6-7H2,1-2,4-5H3,(H,15,16,18). The van der Waals surface area contributed by atoms with Crippen molar-refractivity contribution in [3.8, 4) is 0 Å². The number of ether oxygens (including phenoxy) is 1. The summed E-state index contributed by atoms with van der Waals surface area (Å²) >= 11 is 3.25. The Bertz CT molecular complexity index is 374. The second-order valence-electron chi connectivity index (χ2n) is 4.99. The molecule has 0 radical (unpaired) electrons. The Balaban J connectivity index is 2.76. The number of nitrogens with one attached hydrogen (secondary N) is 1. The number of carbonyl (C=O) groups is 1. The number of amidine groups is 1. The summed E-state index contributed by atoms with van der Waals surface area (Å²) in [5.74, 6) is 0.281. The first-order chi connectivity index (χ1) is 8.79. The topological polar surface area (TPSA) is 53.9 Å². The molecule has 0 saturated carbocycles. The van der Waals surface area contributed by atoms with E-state index >= 15 is 0 Å². The average Bonchev–Trinajstić information content (AvgIpc) is 2.25. The number of carbonyl (C=O) groups excluding carboxylic acids is 1. The number of hydrogen-bond acceptors (Lipinski definition) is 4. The van der Waals surface area contributed by atoms with Gasteiger partial charge in [-0.25, -0.2) is 0 Å². The summed E-state index contributed by atoms with van der Waals surface area (Å²) in [6.07, 6.45) is 2.30. The molecule has 0 spiro atoms. The zero-order valence-electron chi connectivity index (χ0n) is 11.9. The lowest BCUT2D eigenvalue weighted by Gasteiger charge is -2.36. The van der Waals surface area contributed by atoms with Crippen LogP contribution in [0, 0.1) is 0 Å². The number of hydrogen-bond donors (Lipinski definition) is 1. The van der Waals surface area contributed by atoms with Gasteiger partial charge in [0.05, 0.1) is 22.7 Å². The molecule has 1 heterocycles. The maximum Gasteiger partial charge on any atom is 0.222 e. The molecule has 1 saturated heterocycles. The fraction of sp³-hybridized carbons (Fsp3) is 0.692. The molecule has 1 aliphatic rings. The van der Waals surface area contributed by atoms with Gasteiger partial charge in [-0.05, 0) is 42.6 Å². The van der Waals surface area contributed by atoms with E-state index in [0.717, 1.165) is 12.8 Å². The quantitative estimate of drug-likeness (QED) is 0.490. The van der Waals surface area contributed by atoms with Crippen LogP contribution in [0.5, 0.6) is 0 Å². The van der Waals surface area contributed by atoms with Gasteiger partial charge in [-0.2, -0.15) is 5.10 Å². The van der Waals surface area contributed by atoms with Crippen LogP contribution in [-0.4, -0.2) is 42.0 Å². The fourth-order valence-electron chi connectivity index (χ4n) is 2.23. The Morgan fingerprint density at radius 3 is 2.37 bits per heavy atom. The third kappa shape index (κ3) is 5.32. The summed E-state index contributed by atoms with van der Waals surface area (Å²) in [5.41, 5.74) is 0. The maximum atomic E-state index is 11.1. The first-order valence-corrected chi connectivity index (χ1v) is 7.18. The van der Waals surface area contributed by atoms with Crippen molar-refractivity contribution < 1.29 is 9.53 Å². The lowest BCUT2D eigenvalue weighted by molar-refractivity contribution is -0.117. The Morgan fingerprint density at radius 1 is 1.42 bits per heavy atom. The summed E-state index contributed by atoms with van der Waals surface area (Å²) in [4.78, 5) is 11.1. The van der Waals surface area contributed by atoms with E-state index < -0.39 is 0 Å². The fourth-order valence-corrected chi connectivity index (χ4v) is 2.41. The van der Waals surface area contributed by atoms with Gasteiger partial charge >= 0.3 is 0 Å². The highest BCUT2D eigenvalue weighted by molar-refractivity contribution is 9.12. The second kappa shape index (κ2) is 7.05. The summed E-state index contributed by atoms with van der Waals surface area (Å²) in [6.45, 7) is 9.34. The molecular weight excluding hydrogens is 310 g/mol. The van der Waals surface area contributed by atoms with Crippen molar-refractivity contribution in [2.45, 2.75) is 51.9 Å². The van der Waals surface area contributed by atoms with Crippen LogP contribution in [0.2, 0.25) is 0 Å². The highest BCUT2D eigenvalue weighted by atomic mass is 79.9. The van der Waals surface area contributed by atoms with Gasteiger partial charge in [0.2, 0.25) is 5.91 Å². The van der Waals surface area contributed by atoms with Crippen molar-refractivity contribution in [2.75, 3.05) is 7.05 Å². The molecule has 1 fully saturated rings. The van der Waals surface area contributed by atoms with Gasteiger partial charge in [-0.15, -0.1) is 0 Å². The van der Waals surface area contributed by atoms with Crippen molar-refractivity contribution in [1.82, 2.24) is 10.3 Å². The second-order valence-corrected chi connectivity index (χ2v) is 5.95. The van der Waals surface area contributed by atoms with Gasteiger partial charge in [-0.3, -0.25) is 9.80 Å². The first-order valence-electron chi connectivity index (χ1n) is 6.38. The van der Waals surface area contributed by atoms with E-state index in [0.29, 0.717) is 16.4 Å². The van der Waals surface area contributed by atoms with E-state index in [1.54, 1.807) is 0 Å². The molecule has 0 aromatic carbocycles. The first kappa shape index (κ1) is 16.2.